The molecule has 1 saturated carbocycles. The average molecular weight is 317 g/mol. The summed E-state index contributed by atoms with van der Waals surface area (Å²) in [4.78, 5) is 14.5. The fourth-order valence-corrected chi connectivity index (χ4v) is 3.90. The molecular weight excluding hydrogens is 290 g/mol. The van der Waals surface area contributed by atoms with Crippen LogP contribution in [0.1, 0.15) is 62.6 Å². The Morgan fingerprint density at radius 2 is 1.91 bits per heavy atom. The van der Waals surface area contributed by atoms with E-state index in [1.165, 1.54) is 11.1 Å². The van der Waals surface area contributed by atoms with Crippen molar-refractivity contribution in [2.24, 2.45) is 0 Å². The Balaban J connectivity index is 1.72. The van der Waals surface area contributed by atoms with Gasteiger partial charge >= 0.3 is 6.09 Å². The Morgan fingerprint density at radius 1 is 1.26 bits per heavy atom. The third-order valence-electron chi connectivity index (χ3n) is 5.44. The maximum absolute atomic E-state index is 12.6. The second-order valence-electron chi connectivity index (χ2n) is 7.06. The lowest BCUT2D eigenvalue weighted by molar-refractivity contribution is -0.0920. The van der Waals surface area contributed by atoms with E-state index in [9.17, 15) is 9.90 Å². The van der Waals surface area contributed by atoms with E-state index in [0.29, 0.717) is 0 Å². The van der Waals surface area contributed by atoms with Crippen LogP contribution in [0.15, 0.2) is 24.3 Å². The van der Waals surface area contributed by atoms with Crippen LogP contribution in [0.5, 0.6) is 0 Å². The highest BCUT2D eigenvalue weighted by molar-refractivity contribution is 5.70. The first-order chi connectivity index (χ1) is 11.0. The van der Waals surface area contributed by atoms with E-state index in [1.807, 2.05) is 4.90 Å². The predicted molar refractivity (Wildman–Crippen MR) is 89.2 cm³/mol. The van der Waals surface area contributed by atoms with E-state index in [0.717, 1.165) is 45.1 Å². The first kappa shape index (κ1) is 16.3. The average Bonchev–Trinajstić information content (AvgIpc) is 2.55. The second kappa shape index (κ2) is 6.52. The largest absolute Gasteiger partial charge is 0.443 e. The van der Waals surface area contributed by atoms with Gasteiger partial charge in [-0.25, -0.2) is 4.79 Å². The fourth-order valence-electron chi connectivity index (χ4n) is 3.90. The Kier molecular flexibility index (Phi) is 4.62. The molecule has 2 fully saturated rings. The minimum absolute atomic E-state index is 0.0784. The maximum atomic E-state index is 12.6. The molecule has 2 aliphatic rings. The fraction of sp³-hybridized carbons (Fsp3) is 0.632. The van der Waals surface area contributed by atoms with Gasteiger partial charge in [0.05, 0.1) is 12.1 Å². The van der Waals surface area contributed by atoms with Crippen LogP contribution < -0.4 is 0 Å². The van der Waals surface area contributed by atoms with Crippen molar-refractivity contribution in [2.75, 3.05) is 6.54 Å². The van der Waals surface area contributed by atoms with Crippen molar-refractivity contribution < 1.29 is 14.6 Å². The zero-order chi connectivity index (χ0) is 16.4. The molecule has 0 bridgehead atoms. The van der Waals surface area contributed by atoms with E-state index in [1.54, 1.807) is 0 Å². The van der Waals surface area contributed by atoms with Crippen LogP contribution in [0.3, 0.4) is 0 Å². The summed E-state index contributed by atoms with van der Waals surface area (Å²) in [6, 6.07) is 8.49. The molecule has 23 heavy (non-hydrogen) atoms. The number of carbonyl (C=O) groups is 1. The standard InChI is InChI=1S/C19H27NO3/c1-3-17(15-6-4-14(2)5-7-15)20-13-12-19(23-18(20)22)10-8-16(21)9-11-19/h4-7,16-17,21H,3,8-13H2,1-2H3/t16?,17-,19?/m0/s1. The summed E-state index contributed by atoms with van der Waals surface area (Å²) < 4.78 is 5.88. The summed E-state index contributed by atoms with van der Waals surface area (Å²) in [5, 5.41) is 9.69. The summed E-state index contributed by atoms with van der Waals surface area (Å²) in [5.41, 5.74) is 2.06. The molecule has 1 aliphatic heterocycles. The molecule has 0 radical (unpaired) electrons. The van der Waals surface area contributed by atoms with Gasteiger partial charge in [0.15, 0.2) is 0 Å². The van der Waals surface area contributed by atoms with Gasteiger partial charge in [-0.1, -0.05) is 36.8 Å². The smallest absolute Gasteiger partial charge is 0.410 e. The number of rotatable bonds is 3. The summed E-state index contributed by atoms with van der Waals surface area (Å²) >= 11 is 0. The topological polar surface area (TPSA) is 49.8 Å². The molecule has 1 aromatic carbocycles. The van der Waals surface area contributed by atoms with Gasteiger partial charge in [-0.2, -0.15) is 0 Å². The molecule has 1 saturated heterocycles. The number of hydrogen-bond acceptors (Lipinski definition) is 3. The molecule has 1 heterocycles. The summed E-state index contributed by atoms with van der Waals surface area (Å²) in [6.07, 6.45) is 4.38. The van der Waals surface area contributed by atoms with Crippen molar-refractivity contribution in [1.29, 1.82) is 0 Å². The quantitative estimate of drug-likeness (QED) is 0.918. The third-order valence-corrected chi connectivity index (χ3v) is 5.44. The summed E-state index contributed by atoms with van der Waals surface area (Å²) in [7, 11) is 0. The van der Waals surface area contributed by atoms with E-state index in [4.69, 9.17) is 4.74 Å². The molecule has 0 aromatic heterocycles. The highest BCUT2D eigenvalue weighted by Gasteiger charge is 2.44. The summed E-state index contributed by atoms with van der Waals surface area (Å²) in [6.45, 7) is 4.92. The maximum Gasteiger partial charge on any atom is 0.410 e. The molecular formula is C19H27NO3. The van der Waals surface area contributed by atoms with E-state index in [2.05, 4.69) is 38.1 Å². The SMILES string of the molecule is CC[C@@H](c1ccc(C)cc1)N1CCC2(CCC(O)CC2)OC1=O. The molecule has 1 amide bonds. The van der Waals surface area contributed by atoms with Gasteiger partial charge in [0.2, 0.25) is 0 Å². The second-order valence-corrected chi connectivity index (χ2v) is 7.06. The molecule has 1 atom stereocenters. The number of amides is 1. The molecule has 126 valence electrons. The van der Waals surface area contributed by atoms with Crippen LogP contribution in [-0.4, -0.2) is 34.3 Å². The van der Waals surface area contributed by atoms with Crippen molar-refractivity contribution in [3.05, 3.63) is 35.4 Å². The van der Waals surface area contributed by atoms with Crippen molar-refractivity contribution >= 4 is 6.09 Å². The minimum Gasteiger partial charge on any atom is -0.443 e. The van der Waals surface area contributed by atoms with Gasteiger partial charge in [0.25, 0.3) is 0 Å². The lowest BCUT2D eigenvalue weighted by atomic mass is 9.80. The molecule has 4 heteroatoms. The van der Waals surface area contributed by atoms with Crippen molar-refractivity contribution in [2.45, 2.75) is 70.1 Å². The number of carbonyl (C=O) groups excluding carboxylic acids is 1. The normalized spacial score (nSPS) is 29.4. The number of benzene rings is 1. The Morgan fingerprint density at radius 3 is 2.48 bits per heavy atom. The number of hydrogen-bond donors (Lipinski definition) is 1. The van der Waals surface area contributed by atoms with Gasteiger partial charge in [-0.05, 0) is 44.6 Å². The van der Waals surface area contributed by atoms with Crippen molar-refractivity contribution in [3.63, 3.8) is 0 Å². The Labute approximate surface area is 138 Å². The highest BCUT2D eigenvalue weighted by atomic mass is 16.6. The van der Waals surface area contributed by atoms with Crippen LogP contribution in [0.4, 0.5) is 4.79 Å². The van der Waals surface area contributed by atoms with Crippen molar-refractivity contribution in [1.82, 2.24) is 4.90 Å². The lowest BCUT2D eigenvalue weighted by Gasteiger charge is -2.46. The number of aliphatic hydroxyl groups excluding tert-OH is 1. The van der Waals surface area contributed by atoms with Gasteiger partial charge in [-0.3, -0.25) is 0 Å². The van der Waals surface area contributed by atoms with E-state index >= 15 is 0 Å². The molecule has 1 aliphatic carbocycles. The van der Waals surface area contributed by atoms with Crippen LogP contribution in [0, 0.1) is 6.92 Å². The molecule has 1 N–H and O–H groups in total. The Hall–Kier alpha value is -1.55. The lowest BCUT2D eigenvalue weighted by Crippen LogP contribution is -2.52. The molecule has 1 spiro atoms. The van der Waals surface area contributed by atoms with Crippen LogP contribution in [-0.2, 0) is 4.74 Å². The number of aryl methyl sites for hydroxylation is 1. The van der Waals surface area contributed by atoms with E-state index in [-0.39, 0.29) is 23.8 Å². The summed E-state index contributed by atoms with van der Waals surface area (Å²) in [5.74, 6) is 0. The zero-order valence-electron chi connectivity index (χ0n) is 14.1. The van der Waals surface area contributed by atoms with Crippen molar-refractivity contribution in [3.8, 4) is 0 Å². The van der Waals surface area contributed by atoms with Gasteiger partial charge < -0.3 is 14.7 Å². The molecule has 4 nitrogen and oxygen atoms in total. The third kappa shape index (κ3) is 3.37. The molecule has 3 rings (SSSR count). The first-order valence-corrected chi connectivity index (χ1v) is 8.77. The van der Waals surface area contributed by atoms with Gasteiger partial charge in [0, 0.05) is 13.0 Å². The van der Waals surface area contributed by atoms with Crippen LogP contribution >= 0.6 is 0 Å². The van der Waals surface area contributed by atoms with Crippen LogP contribution in [0.2, 0.25) is 0 Å². The van der Waals surface area contributed by atoms with Gasteiger partial charge in [0.1, 0.15) is 5.60 Å². The number of aliphatic hydroxyl groups is 1. The number of ether oxygens (including phenoxy) is 1. The van der Waals surface area contributed by atoms with Crippen LogP contribution in [0.25, 0.3) is 0 Å². The first-order valence-electron chi connectivity index (χ1n) is 8.77. The molecule has 1 aromatic rings. The van der Waals surface area contributed by atoms with Gasteiger partial charge in [-0.15, -0.1) is 0 Å². The predicted octanol–water partition coefficient (Wildman–Crippen LogP) is 3.96. The van der Waals surface area contributed by atoms with E-state index < -0.39 is 0 Å². The Bertz CT molecular complexity index is 546. The number of nitrogens with zero attached hydrogens (tertiary/aromatic N) is 1. The monoisotopic (exact) mass is 317 g/mol. The minimum atomic E-state index is -0.335. The highest BCUT2D eigenvalue weighted by Crippen LogP contribution is 2.40. The zero-order valence-corrected chi connectivity index (χ0v) is 14.1. The molecule has 0 unspecified atom stereocenters.